The predicted molar refractivity (Wildman–Crippen MR) is 88.7 cm³/mol. The van der Waals surface area contributed by atoms with Crippen molar-refractivity contribution in [2.24, 2.45) is 0 Å². The van der Waals surface area contributed by atoms with E-state index in [2.05, 4.69) is 25.7 Å². The normalized spacial score (nSPS) is 16.5. The highest BCUT2D eigenvalue weighted by molar-refractivity contribution is 5.88. The summed E-state index contributed by atoms with van der Waals surface area (Å²) < 4.78 is 6.90. The van der Waals surface area contributed by atoms with E-state index in [0.717, 1.165) is 29.9 Å². The molecule has 2 N–H and O–H groups in total. The molecule has 3 heterocycles. The fraction of sp³-hybridized carbons (Fsp3) is 0.500. The minimum absolute atomic E-state index is 0.0144. The van der Waals surface area contributed by atoms with Crippen molar-refractivity contribution in [1.29, 1.82) is 0 Å². The Morgan fingerprint density at radius 2 is 2.21 bits per heavy atom. The number of pyridine rings is 1. The van der Waals surface area contributed by atoms with Crippen molar-refractivity contribution in [3.8, 4) is 0 Å². The first kappa shape index (κ1) is 16.4. The zero-order valence-corrected chi connectivity index (χ0v) is 14.2. The van der Waals surface area contributed by atoms with E-state index in [0.29, 0.717) is 24.8 Å². The molecule has 8 heteroatoms. The van der Waals surface area contributed by atoms with Crippen LogP contribution in [0.1, 0.15) is 29.3 Å². The van der Waals surface area contributed by atoms with Gasteiger partial charge in [0.25, 0.3) is 0 Å². The summed E-state index contributed by atoms with van der Waals surface area (Å²) in [5, 5.41) is 10.2. The number of hydrogen-bond acceptors (Lipinski definition) is 5. The lowest BCUT2D eigenvalue weighted by molar-refractivity contribution is 0.177. The van der Waals surface area contributed by atoms with Crippen molar-refractivity contribution in [3.05, 3.63) is 35.0 Å². The van der Waals surface area contributed by atoms with Crippen LogP contribution in [0, 0.1) is 13.8 Å². The van der Waals surface area contributed by atoms with Crippen molar-refractivity contribution >= 4 is 11.8 Å². The molecule has 0 radical (unpaired) electrons. The number of carbonyl (C=O) groups is 1. The van der Waals surface area contributed by atoms with Crippen LogP contribution in [0.25, 0.3) is 0 Å². The number of aryl methyl sites for hydroxylation is 3. The third-order valence-electron chi connectivity index (χ3n) is 3.85. The molecule has 2 amide bonds. The van der Waals surface area contributed by atoms with Gasteiger partial charge in [-0.25, -0.2) is 19.4 Å². The Balaban J connectivity index is 1.59. The van der Waals surface area contributed by atoms with Gasteiger partial charge in [0, 0.05) is 19.2 Å². The lowest BCUT2D eigenvalue weighted by atomic mass is 10.1. The molecule has 8 nitrogen and oxygen atoms in total. The third-order valence-corrected chi connectivity index (χ3v) is 3.85. The minimum Gasteiger partial charge on any atom is -0.377 e. The van der Waals surface area contributed by atoms with Crippen LogP contribution in [-0.4, -0.2) is 38.9 Å². The van der Waals surface area contributed by atoms with Crippen molar-refractivity contribution < 1.29 is 9.53 Å². The Bertz CT molecular complexity index is 722. The van der Waals surface area contributed by atoms with E-state index >= 15 is 0 Å². The maximum atomic E-state index is 12.2. The second kappa shape index (κ2) is 6.96. The number of methoxy groups -OCH3 is 1. The topological polar surface area (TPSA) is 94.0 Å². The number of ether oxygens (including phenoxy) is 1. The van der Waals surface area contributed by atoms with Crippen molar-refractivity contribution in [2.45, 2.75) is 45.9 Å². The zero-order chi connectivity index (χ0) is 17.1. The molecule has 0 unspecified atom stereocenters. The maximum Gasteiger partial charge on any atom is 0.320 e. The number of rotatable bonds is 4. The second-order valence-corrected chi connectivity index (χ2v) is 6.06. The zero-order valence-electron chi connectivity index (χ0n) is 14.2. The monoisotopic (exact) mass is 330 g/mol. The summed E-state index contributed by atoms with van der Waals surface area (Å²) in [5.74, 6) is 2.18. The molecule has 0 aromatic carbocycles. The molecule has 24 heavy (non-hydrogen) atoms. The van der Waals surface area contributed by atoms with Gasteiger partial charge in [-0.3, -0.25) is 5.32 Å². The first-order valence-corrected chi connectivity index (χ1v) is 7.98. The molecule has 1 aliphatic heterocycles. The Kier molecular flexibility index (Phi) is 4.75. The molecular formula is C16H22N6O2. The molecule has 3 rings (SSSR count). The number of amides is 2. The fourth-order valence-electron chi connectivity index (χ4n) is 2.91. The second-order valence-electron chi connectivity index (χ2n) is 6.06. The molecule has 0 fully saturated rings. The first-order valence-electron chi connectivity index (χ1n) is 7.98. The van der Waals surface area contributed by atoms with E-state index in [1.54, 1.807) is 7.11 Å². The summed E-state index contributed by atoms with van der Waals surface area (Å²) in [6.07, 6.45) is 1.61. The predicted octanol–water partition coefficient (Wildman–Crippen LogP) is 1.57. The van der Waals surface area contributed by atoms with Crippen LogP contribution in [0.5, 0.6) is 0 Å². The molecule has 1 atom stereocenters. The molecule has 0 saturated heterocycles. The highest BCUT2D eigenvalue weighted by Gasteiger charge is 2.23. The summed E-state index contributed by atoms with van der Waals surface area (Å²) in [7, 11) is 1.62. The summed E-state index contributed by atoms with van der Waals surface area (Å²) in [6, 6.07) is 3.58. The van der Waals surface area contributed by atoms with E-state index in [1.807, 2.05) is 30.7 Å². The molecule has 2 aromatic heterocycles. The average molecular weight is 330 g/mol. The summed E-state index contributed by atoms with van der Waals surface area (Å²) in [5.41, 5.74) is 1.94. The van der Waals surface area contributed by atoms with E-state index in [9.17, 15) is 4.79 Å². The lowest BCUT2D eigenvalue weighted by Crippen LogP contribution is -2.43. The van der Waals surface area contributed by atoms with Gasteiger partial charge in [-0.05, 0) is 38.0 Å². The standard InChI is InChI=1S/C16H22N6O2/c1-10-6-11(2)17-13(7-10)20-16(23)18-12-4-5-15-19-14(9-24-3)21-22(15)8-12/h6-7,12H,4-5,8-9H2,1-3H3,(H2,17,18,20,23)/t12-/m1/s1. The smallest absolute Gasteiger partial charge is 0.320 e. The molecule has 0 saturated carbocycles. The van der Waals surface area contributed by atoms with Crippen molar-refractivity contribution in [1.82, 2.24) is 25.1 Å². The molecule has 0 aliphatic carbocycles. The Morgan fingerprint density at radius 1 is 1.38 bits per heavy atom. The third kappa shape index (κ3) is 3.88. The Morgan fingerprint density at radius 3 is 2.96 bits per heavy atom. The summed E-state index contributed by atoms with van der Waals surface area (Å²) >= 11 is 0. The van der Waals surface area contributed by atoms with Crippen molar-refractivity contribution in [2.75, 3.05) is 12.4 Å². The van der Waals surface area contributed by atoms with Gasteiger partial charge in [-0.15, -0.1) is 0 Å². The Hall–Kier alpha value is -2.48. The molecule has 2 aromatic rings. The van der Waals surface area contributed by atoms with Crippen LogP contribution in [0.3, 0.4) is 0 Å². The van der Waals surface area contributed by atoms with E-state index in [1.165, 1.54) is 0 Å². The number of aromatic nitrogens is 4. The largest absolute Gasteiger partial charge is 0.377 e. The van der Waals surface area contributed by atoms with Gasteiger partial charge in [0.2, 0.25) is 0 Å². The first-order chi connectivity index (χ1) is 11.5. The van der Waals surface area contributed by atoms with Crippen LogP contribution in [0.4, 0.5) is 10.6 Å². The number of fused-ring (bicyclic) bond motifs is 1. The van der Waals surface area contributed by atoms with Crippen LogP contribution >= 0.6 is 0 Å². The maximum absolute atomic E-state index is 12.2. The molecule has 0 bridgehead atoms. The molecular weight excluding hydrogens is 308 g/mol. The van der Waals surface area contributed by atoms with Crippen LogP contribution < -0.4 is 10.6 Å². The number of hydrogen-bond donors (Lipinski definition) is 2. The van der Waals surface area contributed by atoms with E-state index in [4.69, 9.17) is 4.74 Å². The number of anilines is 1. The van der Waals surface area contributed by atoms with Crippen molar-refractivity contribution in [3.63, 3.8) is 0 Å². The van der Waals surface area contributed by atoms with Gasteiger partial charge >= 0.3 is 6.03 Å². The number of nitrogens with one attached hydrogen (secondary N) is 2. The highest BCUT2D eigenvalue weighted by atomic mass is 16.5. The van der Waals surface area contributed by atoms with Gasteiger partial charge in [0.15, 0.2) is 5.82 Å². The number of urea groups is 1. The minimum atomic E-state index is -0.252. The molecule has 0 spiro atoms. The van der Waals surface area contributed by atoms with E-state index < -0.39 is 0 Å². The summed E-state index contributed by atoms with van der Waals surface area (Å²) in [6.45, 7) is 4.89. The SMILES string of the molecule is COCc1nc2n(n1)C[C@H](NC(=O)Nc1cc(C)cc(C)n1)CC2. The average Bonchev–Trinajstić information content (AvgIpc) is 2.88. The number of nitrogens with zero attached hydrogens (tertiary/aromatic N) is 4. The van der Waals surface area contributed by atoms with Gasteiger partial charge in [-0.2, -0.15) is 5.10 Å². The van der Waals surface area contributed by atoms with Crippen LogP contribution in [0.15, 0.2) is 12.1 Å². The van der Waals surface area contributed by atoms with Gasteiger partial charge in [0.1, 0.15) is 18.2 Å². The van der Waals surface area contributed by atoms with Gasteiger partial charge in [0.05, 0.1) is 12.6 Å². The molecule has 128 valence electrons. The fourth-order valence-corrected chi connectivity index (χ4v) is 2.91. The van der Waals surface area contributed by atoms with E-state index in [-0.39, 0.29) is 12.1 Å². The highest BCUT2D eigenvalue weighted by Crippen LogP contribution is 2.14. The van der Waals surface area contributed by atoms with Crippen LogP contribution in [0.2, 0.25) is 0 Å². The van der Waals surface area contributed by atoms with Gasteiger partial charge in [-0.1, -0.05) is 0 Å². The Labute approximate surface area is 140 Å². The summed E-state index contributed by atoms with van der Waals surface area (Å²) in [4.78, 5) is 20.9. The van der Waals surface area contributed by atoms with Crippen LogP contribution in [-0.2, 0) is 24.3 Å². The number of carbonyl (C=O) groups excluding carboxylic acids is 1. The lowest BCUT2D eigenvalue weighted by Gasteiger charge is -2.23. The van der Waals surface area contributed by atoms with Gasteiger partial charge < -0.3 is 10.1 Å². The quantitative estimate of drug-likeness (QED) is 0.887. The molecule has 1 aliphatic rings.